The van der Waals surface area contributed by atoms with E-state index in [0.29, 0.717) is 14.9 Å². The summed E-state index contributed by atoms with van der Waals surface area (Å²) in [6.45, 7) is 0. The van der Waals surface area contributed by atoms with Gasteiger partial charge in [-0.1, -0.05) is 6.07 Å². The molecule has 4 heteroatoms. The van der Waals surface area contributed by atoms with Gasteiger partial charge in [-0.15, -0.1) is 11.2 Å². The zero-order chi connectivity index (χ0) is 8.72. The summed E-state index contributed by atoms with van der Waals surface area (Å²) in [5, 5.41) is 1.64. The van der Waals surface area contributed by atoms with E-state index < -0.39 is 11.2 Å². The molecule has 0 aromatic heterocycles. The highest BCUT2D eigenvalue weighted by Crippen LogP contribution is 2.49. The van der Waals surface area contributed by atoms with Crippen molar-refractivity contribution in [3.63, 3.8) is 0 Å². The number of fused-ring (bicyclic) bond motifs is 1. The largest absolute Gasteiger partial charge is 0.346 e. The predicted octanol–water partition coefficient (Wildman–Crippen LogP) is 3.37. The quantitative estimate of drug-likeness (QED) is 0.675. The first-order valence-corrected chi connectivity index (χ1v) is 5.50. The molecule has 0 fully saturated rings. The Balaban J connectivity index is 2.68. The maximum absolute atomic E-state index is 13.1. The molecule has 0 saturated carbocycles. The van der Waals surface area contributed by atoms with Gasteiger partial charge in [-0.25, -0.2) is 4.39 Å². The molecule has 1 aromatic carbocycles. The lowest BCUT2D eigenvalue weighted by Gasteiger charge is -2.06. The molecule has 0 spiro atoms. The number of benzene rings is 1. The van der Waals surface area contributed by atoms with Gasteiger partial charge in [-0.05, 0) is 33.5 Å². The van der Waals surface area contributed by atoms with Crippen molar-refractivity contribution >= 4 is 31.6 Å². The molecule has 1 unspecified atom stereocenters. The van der Waals surface area contributed by atoms with Crippen LogP contribution in [0.25, 0.3) is 4.48 Å². The Kier molecular flexibility index (Phi) is 1.98. The predicted molar refractivity (Wildman–Crippen MR) is 53.2 cm³/mol. The van der Waals surface area contributed by atoms with Crippen LogP contribution in [0.3, 0.4) is 0 Å². The van der Waals surface area contributed by atoms with Crippen LogP contribution in [0.1, 0.15) is 5.56 Å². The Bertz CT molecular complexity index is 364. The van der Waals surface area contributed by atoms with Crippen molar-refractivity contribution in [2.45, 2.75) is 4.90 Å². The summed E-state index contributed by atoms with van der Waals surface area (Å²) in [6.07, 6.45) is 0. The third kappa shape index (κ3) is 1.11. The lowest BCUT2D eigenvalue weighted by Crippen LogP contribution is -1.84. The van der Waals surface area contributed by atoms with E-state index in [2.05, 4.69) is 15.9 Å². The summed E-state index contributed by atoms with van der Waals surface area (Å²) < 4.78 is 23.3. The van der Waals surface area contributed by atoms with Gasteiger partial charge in [0.2, 0.25) is 0 Å². The SMILES string of the molecule is O[SH]1C=C(Br)c2c(F)cccc21. The fraction of sp³-hybridized carbons (Fsp3) is 0. The molecule has 0 radical (unpaired) electrons. The van der Waals surface area contributed by atoms with Crippen molar-refractivity contribution in [3.8, 4) is 0 Å². The first kappa shape index (κ1) is 8.29. The van der Waals surface area contributed by atoms with Crippen LogP contribution in [0.4, 0.5) is 4.39 Å². The van der Waals surface area contributed by atoms with Crippen LogP contribution < -0.4 is 0 Å². The van der Waals surface area contributed by atoms with Gasteiger partial charge in [0.1, 0.15) is 5.82 Å². The fourth-order valence-electron chi connectivity index (χ4n) is 1.18. The van der Waals surface area contributed by atoms with Crippen molar-refractivity contribution in [2.24, 2.45) is 0 Å². The third-order valence-electron chi connectivity index (χ3n) is 1.71. The second kappa shape index (κ2) is 2.87. The summed E-state index contributed by atoms with van der Waals surface area (Å²) >= 11 is 1.92. The molecular weight excluding hydrogens is 243 g/mol. The Labute approximate surface area is 80.6 Å². The maximum atomic E-state index is 13.1. The summed E-state index contributed by atoms with van der Waals surface area (Å²) in [5.41, 5.74) is 0.506. The molecule has 12 heavy (non-hydrogen) atoms. The normalized spacial score (nSPS) is 23.6. The van der Waals surface area contributed by atoms with Gasteiger partial charge >= 0.3 is 0 Å². The minimum Gasteiger partial charge on any atom is -0.346 e. The Morgan fingerprint density at radius 1 is 1.42 bits per heavy atom. The van der Waals surface area contributed by atoms with Crippen LogP contribution in [0.5, 0.6) is 0 Å². The fourth-order valence-corrected chi connectivity index (χ4v) is 3.50. The Morgan fingerprint density at radius 2 is 2.17 bits per heavy atom. The van der Waals surface area contributed by atoms with E-state index in [1.165, 1.54) is 6.07 Å². The highest BCUT2D eigenvalue weighted by molar-refractivity contribution is 9.15. The van der Waals surface area contributed by atoms with Gasteiger partial charge in [0.15, 0.2) is 0 Å². The van der Waals surface area contributed by atoms with Crippen LogP contribution in [-0.2, 0) is 0 Å². The summed E-state index contributed by atoms with van der Waals surface area (Å²) in [6, 6.07) is 4.75. The van der Waals surface area contributed by atoms with Crippen molar-refractivity contribution in [3.05, 3.63) is 35.0 Å². The average molecular weight is 249 g/mol. The average Bonchev–Trinajstić information content (AvgIpc) is 2.29. The molecule has 64 valence electrons. The maximum Gasteiger partial charge on any atom is 0.132 e. The molecule has 0 bridgehead atoms. The molecule has 1 atom stereocenters. The van der Waals surface area contributed by atoms with Gasteiger partial charge in [0.05, 0.1) is 0 Å². The minimum atomic E-state index is -1.29. The highest BCUT2D eigenvalue weighted by Gasteiger charge is 2.20. The smallest absolute Gasteiger partial charge is 0.132 e. The molecule has 1 heterocycles. The van der Waals surface area contributed by atoms with Crippen molar-refractivity contribution in [2.75, 3.05) is 0 Å². The van der Waals surface area contributed by atoms with Crippen molar-refractivity contribution in [1.82, 2.24) is 0 Å². The van der Waals surface area contributed by atoms with Gasteiger partial charge in [0.25, 0.3) is 0 Å². The van der Waals surface area contributed by atoms with Gasteiger partial charge < -0.3 is 4.55 Å². The first-order chi connectivity index (χ1) is 5.70. The van der Waals surface area contributed by atoms with Gasteiger partial charge in [0, 0.05) is 14.9 Å². The molecule has 0 aliphatic carbocycles. The lowest BCUT2D eigenvalue weighted by molar-refractivity contribution is 0.617. The third-order valence-corrected chi connectivity index (χ3v) is 4.06. The van der Waals surface area contributed by atoms with E-state index >= 15 is 0 Å². The number of rotatable bonds is 0. The second-order valence-corrected chi connectivity index (χ2v) is 4.74. The molecule has 1 aliphatic heterocycles. The lowest BCUT2D eigenvalue weighted by atomic mass is 10.2. The summed E-state index contributed by atoms with van der Waals surface area (Å²) in [5.74, 6) is -0.283. The topological polar surface area (TPSA) is 20.2 Å². The number of thiol groups is 1. The molecule has 0 saturated heterocycles. The molecule has 1 aliphatic rings. The van der Waals surface area contributed by atoms with Crippen molar-refractivity contribution in [1.29, 1.82) is 0 Å². The van der Waals surface area contributed by atoms with E-state index in [-0.39, 0.29) is 5.82 Å². The minimum absolute atomic E-state index is 0.283. The van der Waals surface area contributed by atoms with E-state index in [4.69, 9.17) is 0 Å². The summed E-state index contributed by atoms with van der Waals surface area (Å²) in [7, 11) is 0. The highest BCUT2D eigenvalue weighted by atomic mass is 79.9. The molecule has 0 amide bonds. The van der Waals surface area contributed by atoms with E-state index in [1.54, 1.807) is 17.5 Å². The second-order valence-electron chi connectivity index (χ2n) is 2.46. The number of halogens is 2. The zero-order valence-corrected chi connectivity index (χ0v) is 8.44. The Morgan fingerprint density at radius 3 is 2.83 bits per heavy atom. The standard InChI is InChI=1S/C8H6BrFOS/c9-5-4-12(11)7-3-1-2-6(10)8(5)7/h1-4,11-12H. The molecule has 1 N–H and O–H groups in total. The van der Waals surface area contributed by atoms with Crippen LogP contribution in [0.2, 0.25) is 0 Å². The van der Waals surface area contributed by atoms with Gasteiger partial charge in [-0.3, -0.25) is 0 Å². The van der Waals surface area contributed by atoms with Crippen molar-refractivity contribution < 1.29 is 8.94 Å². The van der Waals surface area contributed by atoms with E-state index in [1.807, 2.05) is 0 Å². The molecular formula is C8H6BrFOS. The van der Waals surface area contributed by atoms with Crippen LogP contribution in [0.15, 0.2) is 28.5 Å². The molecule has 2 rings (SSSR count). The zero-order valence-electron chi connectivity index (χ0n) is 5.96. The van der Waals surface area contributed by atoms with E-state index in [9.17, 15) is 8.94 Å². The monoisotopic (exact) mass is 248 g/mol. The molecule has 1 aromatic rings. The number of hydrogen-bond donors (Lipinski definition) is 2. The van der Waals surface area contributed by atoms with Crippen LogP contribution in [-0.4, -0.2) is 4.55 Å². The van der Waals surface area contributed by atoms with Crippen LogP contribution in [0, 0.1) is 5.82 Å². The van der Waals surface area contributed by atoms with Crippen LogP contribution >= 0.6 is 27.1 Å². The summed E-state index contributed by atoms with van der Waals surface area (Å²) in [4.78, 5) is 0.692. The van der Waals surface area contributed by atoms with Gasteiger partial charge in [-0.2, -0.15) is 0 Å². The van der Waals surface area contributed by atoms with E-state index in [0.717, 1.165) is 0 Å². The first-order valence-electron chi connectivity index (χ1n) is 3.34. The number of hydrogen-bond acceptors (Lipinski definition) is 1. The molecule has 1 nitrogen and oxygen atoms in total. The Hall–Kier alpha value is -0.320.